The fourth-order valence-corrected chi connectivity index (χ4v) is 3.69. The summed E-state index contributed by atoms with van der Waals surface area (Å²) in [5.74, 6) is 2.07. The molecule has 4 aromatic rings. The Kier molecular flexibility index (Phi) is 5.96. The molecule has 1 heterocycles. The van der Waals surface area contributed by atoms with Crippen LogP contribution in [-0.4, -0.2) is 23.3 Å². The molecular formula is C25H23ClN2O3. The molecule has 0 amide bonds. The van der Waals surface area contributed by atoms with Gasteiger partial charge in [-0.1, -0.05) is 23.7 Å². The molecular weight excluding hydrogens is 412 g/mol. The lowest BCUT2D eigenvalue weighted by Crippen LogP contribution is -2.26. The lowest BCUT2D eigenvalue weighted by molar-refractivity contribution is 0.296. The summed E-state index contributed by atoms with van der Waals surface area (Å²) >= 11 is 6.25. The number of ether oxygens (including phenoxy) is 2. The Labute approximate surface area is 185 Å². The number of benzene rings is 3. The predicted molar refractivity (Wildman–Crippen MR) is 124 cm³/mol. The smallest absolute Gasteiger partial charge is 0.261 e. The molecule has 0 spiro atoms. The van der Waals surface area contributed by atoms with E-state index in [9.17, 15) is 4.79 Å². The van der Waals surface area contributed by atoms with Crippen molar-refractivity contribution in [3.8, 4) is 22.9 Å². The van der Waals surface area contributed by atoms with Crippen molar-refractivity contribution in [2.24, 2.45) is 0 Å². The molecule has 0 bridgehead atoms. The number of aryl methyl sites for hydroxylation is 2. The number of hydrogen-bond donors (Lipinski definition) is 0. The summed E-state index contributed by atoms with van der Waals surface area (Å²) in [6.07, 6.45) is 0. The zero-order valence-electron chi connectivity index (χ0n) is 17.7. The molecule has 158 valence electrons. The summed E-state index contributed by atoms with van der Waals surface area (Å²) in [6.45, 7) is 4.58. The molecule has 0 N–H and O–H groups in total. The van der Waals surface area contributed by atoms with Crippen LogP contribution >= 0.6 is 11.6 Å². The van der Waals surface area contributed by atoms with E-state index in [0.717, 1.165) is 33.2 Å². The van der Waals surface area contributed by atoms with E-state index < -0.39 is 0 Å². The Morgan fingerprint density at radius 1 is 0.968 bits per heavy atom. The fraction of sp³-hybridized carbons (Fsp3) is 0.200. The molecule has 0 unspecified atom stereocenters. The summed E-state index contributed by atoms with van der Waals surface area (Å²) in [4.78, 5) is 18.0. The first-order valence-corrected chi connectivity index (χ1v) is 10.4. The lowest BCUT2D eigenvalue weighted by Gasteiger charge is -2.15. The minimum atomic E-state index is -0.0940. The highest BCUT2D eigenvalue weighted by Gasteiger charge is 2.13. The Balaban J connectivity index is 1.69. The first-order chi connectivity index (χ1) is 15.0. The monoisotopic (exact) mass is 434 g/mol. The second-order valence-electron chi connectivity index (χ2n) is 7.36. The number of hydrogen-bond acceptors (Lipinski definition) is 4. The van der Waals surface area contributed by atoms with Gasteiger partial charge in [0.25, 0.3) is 5.56 Å². The highest BCUT2D eigenvalue weighted by atomic mass is 35.5. The number of rotatable bonds is 6. The van der Waals surface area contributed by atoms with Crippen molar-refractivity contribution in [3.05, 3.63) is 87.2 Å². The maximum absolute atomic E-state index is 13.3. The van der Waals surface area contributed by atoms with Crippen LogP contribution in [0.1, 0.15) is 11.1 Å². The molecule has 3 aromatic carbocycles. The van der Waals surface area contributed by atoms with Gasteiger partial charge in [0, 0.05) is 10.6 Å². The van der Waals surface area contributed by atoms with Crippen LogP contribution in [0, 0.1) is 13.8 Å². The van der Waals surface area contributed by atoms with Gasteiger partial charge < -0.3 is 9.47 Å². The van der Waals surface area contributed by atoms with Crippen molar-refractivity contribution in [2.45, 2.75) is 20.4 Å². The van der Waals surface area contributed by atoms with E-state index in [1.807, 2.05) is 68.4 Å². The summed E-state index contributed by atoms with van der Waals surface area (Å²) in [7, 11) is 1.62. The van der Waals surface area contributed by atoms with Crippen LogP contribution in [0.4, 0.5) is 0 Å². The zero-order chi connectivity index (χ0) is 22.0. The SMILES string of the molecule is COc1ccc(-c2nc3ccccc3c(=O)n2CCOc2cc(C)c(Cl)c(C)c2)cc1. The summed E-state index contributed by atoms with van der Waals surface area (Å²) in [5, 5.41) is 1.32. The van der Waals surface area contributed by atoms with Gasteiger partial charge in [0.2, 0.25) is 0 Å². The van der Waals surface area contributed by atoms with Gasteiger partial charge in [-0.05, 0) is 73.5 Å². The van der Waals surface area contributed by atoms with Crippen molar-refractivity contribution in [1.29, 1.82) is 0 Å². The number of methoxy groups -OCH3 is 1. The molecule has 0 saturated heterocycles. The topological polar surface area (TPSA) is 53.3 Å². The van der Waals surface area contributed by atoms with E-state index in [4.69, 9.17) is 26.1 Å². The molecule has 0 saturated carbocycles. The molecule has 1 aromatic heterocycles. The maximum atomic E-state index is 13.3. The van der Waals surface area contributed by atoms with Gasteiger partial charge in [-0.15, -0.1) is 0 Å². The van der Waals surface area contributed by atoms with Crippen LogP contribution in [-0.2, 0) is 6.54 Å². The maximum Gasteiger partial charge on any atom is 0.261 e. The van der Waals surface area contributed by atoms with Gasteiger partial charge in [-0.25, -0.2) is 4.98 Å². The van der Waals surface area contributed by atoms with Gasteiger partial charge >= 0.3 is 0 Å². The average molecular weight is 435 g/mol. The Morgan fingerprint density at radius 2 is 1.65 bits per heavy atom. The van der Waals surface area contributed by atoms with E-state index in [-0.39, 0.29) is 5.56 Å². The summed E-state index contributed by atoms with van der Waals surface area (Å²) < 4.78 is 12.9. The zero-order valence-corrected chi connectivity index (χ0v) is 18.4. The van der Waals surface area contributed by atoms with Gasteiger partial charge in [-0.2, -0.15) is 0 Å². The molecule has 4 rings (SSSR count). The molecule has 6 heteroatoms. The first kappa shape index (κ1) is 20.9. The van der Waals surface area contributed by atoms with E-state index in [0.29, 0.717) is 29.9 Å². The van der Waals surface area contributed by atoms with Gasteiger partial charge in [0.1, 0.15) is 23.9 Å². The van der Waals surface area contributed by atoms with Crippen LogP contribution in [0.15, 0.2) is 65.5 Å². The van der Waals surface area contributed by atoms with Crippen LogP contribution in [0.3, 0.4) is 0 Å². The number of para-hydroxylation sites is 1. The second kappa shape index (κ2) is 8.82. The third-order valence-corrected chi connectivity index (χ3v) is 5.80. The van der Waals surface area contributed by atoms with E-state index >= 15 is 0 Å². The normalized spacial score (nSPS) is 11.0. The molecule has 0 radical (unpaired) electrons. The molecule has 0 atom stereocenters. The Bertz CT molecular complexity index is 1270. The Hall–Kier alpha value is -3.31. The van der Waals surface area contributed by atoms with Crippen molar-refractivity contribution in [1.82, 2.24) is 9.55 Å². The van der Waals surface area contributed by atoms with Gasteiger partial charge in [0.05, 0.1) is 24.6 Å². The molecule has 0 aliphatic carbocycles. The molecule has 0 aliphatic rings. The number of nitrogens with zero attached hydrogens (tertiary/aromatic N) is 2. The van der Waals surface area contributed by atoms with Crippen molar-refractivity contribution >= 4 is 22.5 Å². The first-order valence-electron chi connectivity index (χ1n) is 10.0. The predicted octanol–water partition coefficient (Wildman–Crippen LogP) is 5.42. The van der Waals surface area contributed by atoms with Crippen LogP contribution < -0.4 is 15.0 Å². The van der Waals surface area contributed by atoms with E-state index in [1.165, 1.54) is 0 Å². The van der Waals surface area contributed by atoms with Gasteiger partial charge in [-0.3, -0.25) is 9.36 Å². The van der Waals surface area contributed by atoms with Crippen LogP contribution in [0.2, 0.25) is 5.02 Å². The molecule has 5 nitrogen and oxygen atoms in total. The largest absolute Gasteiger partial charge is 0.497 e. The Morgan fingerprint density at radius 3 is 2.32 bits per heavy atom. The summed E-state index contributed by atoms with van der Waals surface area (Å²) in [5.41, 5.74) is 3.32. The van der Waals surface area contributed by atoms with E-state index in [1.54, 1.807) is 17.7 Å². The van der Waals surface area contributed by atoms with E-state index in [2.05, 4.69) is 0 Å². The minimum Gasteiger partial charge on any atom is -0.497 e. The molecule has 31 heavy (non-hydrogen) atoms. The standard InChI is InChI=1S/C25H23ClN2O3/c1-16-14-20(15-17(2)23(16)26)31-13-12-28-24(18-8-10-19(30-3)11-9-18)27-22-7-5-4-6-21(22)25(28)29/h4-11,14-15H,12-13H2,1-3H3. The number of aromatic nitrogens is 2. The third kappa shape index (κ3) is 4.28. The van der Waals surface area contributed by atoms with Crippen LogP contribution in [0.5, 0.6) is 11.5 Å². The number of fused-ring (bicyclic) bond motifs is 1. The second-order valence-corrected chi connectivity index (χ2v) is 7.74. The van der Waals surface area contributed by atoms with Crippen molar-refractivity contribution in [3.63, 3.8) is 0 Å². The average Bonchev–Trinajstić information content (AvgIpc) is 2.79. The van der Waals surface area contributed by atoms with Crippen molar-refractivity contribution in [2.75, 3.05) is 13.7 Å². The fourth-order valence-electron chi connectivity index (χ4n) is 3.58. The molecule has 0 aliphatic heterocycles. The third-order valence-electron chi connectivity index (χ3n) is 5.20. The number of halogens is 1. The quantitative estimate of drug-likeness (QED) is 0.406. The van der Waals surface area contributed by atoms with Gasteiger partial charge in [0.15, 0.2) is 0 Å². The van der Waals surface area contributed by atoms with Crippen LogP contribution in [0.25, 0.3) is 22.3 Å². The highest BCUT2D eigenvalue weighted by molar-refractivity contribution is 6.32. The summed E-state index contributed by atoms with van der Waals surface area (Å²) in [6, 6.07) is 18.7. The van der Waals surface area contributed by atoms with Crippen molar-refractivity contribution < 1.29 is 9.47 Å². The minimum absolute atomic E-state index is 0.0940. The highest BCUT2D eigenvalue weighted by Crippen LogP contribution is 2.26. The molecule has 0 fully saturated rings. The lowest BCUT2D eigenvalue weighted by atomic mass is 10.1.